The van der Waals surface area contributed by atoms with E-state index >= 15 is 0 Å². The Morgan fingerprint density at radius 1 is 0.337 bits per heavy atom. The molecule has 0 aliphatic carbocycles. The van der Waals surface area contributed by atoms with Crippen LogP contribution in [0.1, 0.15) is 132 Å². The Balaban J connectivity index is 1.14. The Bertz CT molecular complexity index is 5160. The smallest absolute Gasteiger partial charge is 0.264 e. The number of anilines is 6. The predicted molar refractivity (Wildman–Crippen MR) is 385 cm³/mol. The molecule has 0 N–H and O–H groups in total. The lowest BCUT2D eigenvalue weighted by Gasteiger charge is -2.44. The molecule has 0 bridgehead atoms. The van der Waals surface area contributed by atoms with E-state index in [2.05, 4.69) is 317 Å². The summed E-state index contributed by atoms with van der Waals surface area (Å²) in [4.78, 5) is 5.32. The molecule has 5 nitrogen and oxygen atoms in total. The number of benzene rings is 10. The molecule has 2 aliphatic heterocycles. The topological polar surface area (TPSA) is 29.5 Å². The normalized spacial score (nSPS) is 13.9. The second-order valence-corrected chi connectivity index (χ2v) is 31.8. The van der Waals surface area contributed by atoms with Crippen LogP contribution in [0.25, 0.3) is 87.0 Å². The molecule has 0 atom stereocenters. The van der Waals surface area contributed by atoms with Gasteiger partial charge in [-0.3, -0.25) is 0 Å². The van der Waals surface area contributed by atoms with Crippen LogP contribution in [0.4, 0.5) is 34.1 Å². The Labute approximate surface area is 527 Å². The molecule has 6 heterocycles. The first-order chi connectivity index (χ1) is 42.3. The van der Waals surface area contributed by atoms with Gasteiger partial charge in [0.25, 0.3) is 6.71 Å². The van der Waals surface area contributed by atoms with Crippen molar-refractivity contribution >= 4 is 144 Å². The van der Waals surface area contributed by atoms with E-state index in [-0.39, 0.29) is 33.8 Å². The van der Waals surface area contributed by atoms with Gasteiger partial charge >= 0.3 is 0 Å². The Morgan fingerprint density at radius 2 is 0.764 bits per heavy atom. The van der Waals surface area contributed by atoms with Crippen molar-refractivity contribution in [1.29, 1.82) is 0 Å². The van der Waals surface area contributed by atoms with Crippen molar-refractivity contribution in [2.24, 2.45) is 0 Å². The quantitative estimate of drug-likeness (QED) is 0.165. The first-order valence-electron chi connectivity index (χ1n) is 31.9. The molecule has 0 spiro atoms. The van der Waals surface area contributed by atoms with Crippen LogP contribution in [0.2, 0.25) is 0 Å². The molecule has 14 aromatic rings. The van der Waals surface area contributed by atoms with Crippen molar-refractivity contribution in [2.45, 2.75) is 131 Å². The number of fused-ring (bicyclic) bond motifs is 15. The van der Waals surface area contributed by atoms with Gasteiger partial charge in [-0.15, -0.1) is 11.3 Å². The molecule has 89 heavy (non-hydrogen) atoms. The molecule has 16 rings (SSSR count). The molecule has 0 unspecified atom stereocenters. The van der Waals surface area contributed by atoms with E-state index in [4.69, 9.17) is 4.42 Å². The fourth-order valence-corrected chi connectivity index (χ4v) is 16.1. The van der Waals surface area contributed by atoms with Gasteiger partial charge < -0.3 is 23.4 Å². The molecule has 0 saturated carbocycles. The second-order valence-electron chi connectivity index (χ2n) is 30.7. The standard InChI is InChI=1S/C82H77BN4OS/c1-78(2,3)48-28-35-53(36-29-48)85-67-45-55(84-63-25-19-16-22-56(63)57-23-17-20-26-64(57)84)46-68-73(67)83(77-74(85)61-44-52(82(13,14)15)34-41-71(61)89-77)62-47-70-72(58-24-18-21-27-69(58)88-70)76(75(62)86(68)54-37-30-49(31-38-54)79(4,5)6)87-65-39-32-50(80(7,8)9)42-59(65)60-43-51(81(10,11)12)33-40-66(60)87/h16-47H,1-15H3. The number of hydrogen-bond acceptors (Lipinski definition) is 4. The van der Waals surface area contributed by atoms with Gasteiger partial charge in [-0.05, 0) is 163 Å². The Morgan fingerprint density at radius 3 is 1.27 bits per heavy atom. The van der Waals surface area contributed by atoms with Crippen molar-refractivity contribution in [3.05, 3.63) is 222 Å². The summed E-state index contributed by atoms with van der Waals surface area (Å²) in [5.74, 6) is 0. The highest BCUT2D eigenvalue weighted by atomic mass is 32.1. The van der Waals surface area contributed by atoms with Gasteiger partial charge in [-0.1, -0.05) is 201 Å². The van der Waals surface area contributed by atoms with E-state index in [1.807, 2.05) is 11.3 Å². The third-order valence-corrected chi connectivity index (χ3v) is 20.9. The molecule has 440 valence electrons. The molecule has 0 radical (unpaired) electrons. The van der Waals surface area contributed by atoms with Crippen LogP contribution in [0.3, 0.4) is 0 Å². The van der Waals surface area contributed by atoms with Gasteiger partial charge in [0.15, 0.2) is 0 Å². The van der Waals surface area contributed by atoms with Crippen LogP contribution in [0.5, 0.6) is 0 Å². The molecule has 10 aromatic carbocycles. The summed E-state index contributed by atoms with van der Waals surface area (Å²) in [5, 5.41) is 8.41. The minimum atomic E-state index is -0.215. The first-order valence-corrected chi connectivity index (χ1v) is 32.8. The number of furan rings is 1. The number of aromatic nitrogens is 2. The molecular formula is C82H77BN4OS. The highest BCUT2D eigenvalue weighted by Gasteiger charge is 2.48. The van der Waals surface area contributed by atoms with Crippen LogP contribution in [-0.4, -0.2) is 15.8 Å². The molecular weight excluding hydrogens is 1100 g/mol. The highest BCUT2D eigenvalue weighted by Crippen LogP contribution is 2.54. The zero-order chi connectivity index (χ0) is 61.7. The largest absolute Gasteiger partial charge is 0.456 e. The summed E-state index contributed by atoms with van der Waals surface area (Å²) >= 11 is 1.96. The second kappa shape index (κ2) is 18.9. The van der Waals surface area contributed by atoms with Crippen LogP contribution in [-0.2, 0) is 27.1 Å². The number of nitrogens with zero attached hydrogens (tertiary/aromatic N) is 4. The molecule has 2 aliphatic rings. The van der Waals surface area contributed by atoms with Crippen LogP contribution in [0.15, 0.2) is 199 Å². The first kappa shape index (κ1) is 55.5. The van der Waals surface area contributed by atoms with Gasteiger partial charge in [0.2, 0.25) is 0 Å². The lowest BCUT2D eigenvalue weighted by atomic mass is 9.36. The van der Waals surface area contributed by atoms with Gasteiger partial charge in [0.05, 0.1) is 50.2 Å². The summed E-state index contributed by atoms with van der Waals surface area (Å²) in [5.41, 5.74) is 24.2. The summed E-state index contributed by atoms with van der Waals surface area (Å²) in [6.07, 6.45) is 0. The third kappa shape index (κ3) is 8.40. The van der Waals surface area contributed by atoms with Gasteiger partial charge in [-0.25, -0.2) is 0 Å². The van der Waals surface area contributed by atoms with Crippen LogP contribution < -0.4 is 25.5 Å². The number of hydrogen-bond donors (Lipinski definition) is 0. The SMILES string of the molecule is CC(C)(C)c1ccc(N2c3cc(-n4c5ccccc5c5ccccc54)cc4c3B(c3cc5oc6ccccc6c5c(-n5c6ccc(C(C)(C)C)cc6c6cc(C(C)(C)C)ccc65)c32)c2sc3ccc(C(C)(C)C)cc3c2N4c2ccc(C(C)(C)C)cc2)cc1. The van der Waals surface area contributed by atoms with Crippen LogP contribution in [0, 0.1) is 0 Å². The van der Waals surface area contributed by atoms with E-state index in [9.17, 15) is 0 Å². The van der Waals surface area contributed by atoms with Crippen molar-refractivity contribution in [1.82, 2.24) is 9.13 Å². The van der Waals surface area contributed by atoms with E-state index < -0.39 is 0 Å². The molecule has 0 fully saturated rings. The monoisotopic (exact) mass is 1180 g/mol. The lowest BCUT2D eigenvalue weighted by molar-refractivity contribution is 0.590. The van der Waals surface area contributed by atoms with Crippen molar-refractivity contribution < 1.29 is 4.42 Å². The average molecular weight is 1180 g/mol. The fraction of sp³-hybridized carbons (Fsp3) is 0.244. The number of thiophene rings is 1. The average Bonchev–Trinajstić information content (AvgIpc) is 1.66. The van der Waals surface area contributed by atoms with E-state index in [0.717, 1.165) is 61.8 Å². The van der Waals surface area contributed by atoms with Gasteiger partial charge in [0.1, 0.15) is 11.2 Å². The minimum absolute atomic E-state index is 0.0322. The summed E-state index contributed by atoms with van der Waals surface area (Å²) in [7, 11) is 0. The molecule has 4 aromatic heterocycles. The van der Waals surface area contributed by atoms with Gasteiger partial charge in [0, 0.05) is 64.5 Å². The minimum Gasteiger partial charge on any atom is -0.456 e. The maximum absolute atomic E-state index is 7.37. The zero-order valence-electron chi connectivity index (χ0n) is 54.2. The lowest BCUT2D eigenvalue weighted by Crippen LogP contribution is -2.60. The zero-order valence-corrected chi connectivity index (χ0v) is 55.0. The van der Waals surface area contributed by atoms with Crippen LogP contribution >= 0.6 is 11.3 Å². The summed E-state index contributed by atoms with van der Waals surface area (Å²) in [6.45, 7) is 34.7. The van der Waals surface area contributed by atoms with Crippen molar-refractivity contribution in [3.8, 4) is 11.4 Å². The number of rotatable bonds is 4. The summed E-state index contributed by atoms with van der Waals surface area (Å²) in [6, 6.07) is 75.1. The third-order valence-electron chi connectivity index (χ3n) is 19.7. The molecule has 0 amide bonds. The predicted octanol–water partition coefficient (Wildman–Crippen LogP) is 21.6. The summed E-state index contributed by atoms with van der Waals surface area (Å²) < 4.78 is 15.1. The van der Waals surface area contributed by atoms with E-state index in [1.54, 1.807) is 0 Å². The Hall–Kier alpha value is -8.78. The fourth-order valence-electron chi connectivity index (χ4n) is 14.8. The highest BCUT2D eigenvalue weighted by molar-refractivity contribution is 7.33. The van der Waals surface area contributed by atoms with E-state index in [1.165, 1.54) is 103 Å². The molecule has 0 saturated heterocycles. The van der Waals surface area contributed by atoms with Gasteiger partial charge in [-0.2, -0.15) is 0 Å². The van der Waals surface area contributed by atoms with E-state index in [0.29, 0.717) is 0 Å². The molecule has 7 heteroatoms. The number of para-hydroxylation sites is 3. The maximum Gasteiger partial charge on any atom is 0.264 e. The Kier molecular flexibility index (Phi) is 11.8. The maximum atomic E-state index is 7.37. The van der Waals surface area contributed by atoms with Crippen molar-refractivity contribution in [3.63, 3.8) is 0 Å². The van der Waals surface area contributed by atoms with Crippen molar-refractivity contribution in [2.75, 3.05) is 9.80 Å².